The smallest absolute Gasteiger partial charge is 0.387 e. The number of aromatic nitrogens is 1. The van der Waals surface area contributed by atoms with Crippen LogP contribution in [0.5, 0.6) is 5.75 Å². The summed E-state index contributed by atoms with van der Waals surface area (Å²) in [6, 6.07) is 9.95. The molecule has 0 aliphatic rings. The fourth-order valence-corrected chi connectivity index (χ4v) is 2.15. The van der Waals surface area contributed by atoms with Crippen LogP contribution in [-0.2, 0) is 6.42 Å². The van der Waals surface area contributed by atoms with Crippen LogP contribution < -0.4 is 16.0 Å². The zero-order valence-electron chi connectivity index (χ0n) is 11.0. The van der Waals surface area contributed by atoms with Gasteiger partial charge in [-0.3, -0.25) is 16.3 Å². The Morgan fingerprint density at radius 1 is 1.29 bits per heavy atom. The van der Waals surface area contributed by atoms with Crippen molar-refractivity contribution in [1.29, 1.82) is 0 Å². The van der Waals surface area contributed by atoms with Crippen molar-refractivity contribution in [2.45, 2.75) is 19.1 Å². The average molecular weight is 358 g/mol. The van der Waals surface area contributed by atoms with E-state index in [0.717, 1.165) is 15.7 Å². The van der Waals surface area contributed by atoms with Crippen molar-refractivity contribution in [3.05, 3.63) is 58.3 Å². The molecule has 0 saturated carbocycles. The van der Waals surface area contributed by atoms with Gasteiger partial charge in [-0.2, -0.15) is 8.78 Å². The number of nitrogens with one attached hydrogen (secondary N) is 1. The molecule has 0 radical (unpaired) electrons. The first-order valence-electron chi connectivity index (χ1n) is 6.20. The van der Waals surface area contributed by atoms with Crippen molar-refractivity contribution in [1.82, 2.24) is 10.4 Å². The first-order chi connectivity index (χ1) is 10.1. The lowest BCUT2D eigenvalue weighted by Gasteiger charge is -2.17. The molecule has 4 nitrogen and oxygen atoms in total. The largest absolute Gasteiger partial charge is 0.435 e. The minimum Gasteiger partial charge on any atom is -0.435 e. The molecule has 21 heavy (non-hydrogen) atoms. The predicted octanol–water partition coefficient (Wildman–Crippen LogP) is 3.19. The topological polar surface area (TPSA) is 60.2 Å². The SMILES string of the molecule is NNC(Cc1ccc(Br)cn1)c1cccc(OC(F)F)c1. The van der Waals surface area contributed by atoms with Crippen LogP contribution in [0.4, 0.5) is 8.78 Å². The molecule has 0 amide bonds. The maximum absolute atomic E-state index is 12.2. The van der Waals surface area contributed by atoms with Crippen molar-refractivity contribution in [3.63, 3.8) is 0 Å². The van der Waals surface area contributed by atoms with Crippen LogP contribution in [0.15, 0.2) is 47.1 Å². The highest BCUT2D eigenvalue weighted by molar-refractivity contribution is 9.10. The second kappa shape index (κ2) is 7.44. The Morgan fingerprint density at radius 3 is 2.71 bits per heavy atom. The molecule has 3 N–H and O–H groups in total. The quantitative estimate of drug-likeness (QED) is 0.615. The molecular formula is C14H14BrF2N3O. The third kappa shape index (κ3) is 4.73. The molecule has 1 aromatic carbocycles. The third-order valence-corrected chi connectivity index (χ3v) is 3.36. The van der Waals surface area contributed by atoms with Gasteiger partial charge in [-0.15, -0.1) is 0 Å². The number of hydrazine groups is 1. The van der Waals surface area contributed by atoms with Gasteiger partial charge in [0.1, 0.15) is 5.75 Å². The van der Waals surface area contributed by atoms with E-state index in [9.17, 15) is 8.78 Å². The third-order valence-electron chi connectivity index (χ3n) is 2.89. The van der Waals surface area contributed by atoms with Crippen LogP contribution in [0.2, 0.25) is 0 Å². The van der Waals surface area contributed by atoms with E-state index in [2.05, 4.69) is 31.1 Å². The summed E-state index contributed by atoms with van der Waals surface area (Å²) in [7, 11) is 0. The lowest BCUT2D eigenvalue weighted by Crippen LogP contribution is -2.29. The molecule has 1 atom stereocenters. The molecule has 0 aliphatic heterocycles. The number of halogens is 3. The standard InChI is InChI=1S/C14H14BrF2N3O/c15-10-4-5-11(19-8-10)7-13(20-18)9-2-1-3-12(6-9)21-14(16)17/h1-6,8,13-14,20H,7,18H2. The van der Waals surface area contributed by atoms with E-state index in [1.807, 2.05) is 12.1 Å². The fourth-order valence-electron chi connectivity index (χ4n) is 1.92. The summed E-state index contributed by atoms with van der Waals surface area (Å²) in [5, 5.41) is 0. The number of pyridine rings is 1. The Bertz CT molecular complexity index is 581. The molecule has 112 valence electrons. The zero-order valence-corrected chi connectivity index (χ0v) is 12.6. The number of hydrogen-bond donors (Lipinski definition) is 2. The van der Waals surface area contributed by atoms with E-state index < -0.39 is 6.61 Å². The minimum atomic E-state index is -2.85. The van der Waals surface area contributed by atoms with Crippen molar-refractivity contribution in [2.24, 2.45) is 5.84 Å². The molecule has 0 spiro atoms. The number of hydrogen-bond acceptors (Lipinski definition) is 4. The summed E-state index contributed by atoms with van der Waals surface area (Å²) in [6.45, 7) is -2.85. The van der Waals surface area contributed by atoms with Crippen LogP contribution in [0.1, 0.15) is 17.3 Å². The molecule has 0 aliphatic carbocycles. The summed E-state index contributed by atoms with van der Waals surface area (Å²) in [4.78, 5) is 4.27. The summed E-state index contributed by atoms with van der Waals surface area (Å²) >= 11 is 3.32. The van der Waals surface area contributed by atoms with E-state index in [1.54, 1.807) is 18.3 Å². The molecule has 7 heteroatoms. The van der Waals surface area contributed by atoms with Crippen LogP contribution >= 0.6 is 15.9 Å². The summed E-state index contributed by atoms with van der Waals surface area (Å²) in [5.74, 6) is 5.66. The highest BCUT2D eigenvalue weighted by atomic mass is 79.9. The first-order valence-corrected chi connectivity index (χ1v) is 6.99. The molecule has 1 aromatic heterocycles. The maximum Gasteiger partial charge on any atom is 0.387 e. The van der Waals surface area contributed by atoms with Gasteiger partial charge in [0.2, 0.25) is 0 Å². The van der Waals surface area contributed by atoms with E-state index in [-0.39, 0.29) is 11.8 Å². The average Bonchev–Trinajstić information content (AvgIpc) is 2.46. The second-order valence-electron chi connectivity index (χ2n) is 4.34. The Kier molecular flexibility index (Phi) is 5.60. The van der Waals surface area contributed by atoms with E-state index >= 15 is 0 Å². The van der Waals surface area contributed by atoms with Gasteiger partial charge in [0.15, 0.2) is 0 Å². The number of nitrogens with two attached hydrogens (primary N) is 1. The number of alkyl halides is 2. The number of benzene rings is 1. The van der Waals surface area contributed by atoms with E-state index in [1.165, 1.54) is 12.1 Å². The van der Waals surface area contributed by atoms with Gasteiger partial charge in [0.05, 0.1) is 6.04 Å². The van der Waals surface area contributed by atoms with Crippen molar-refractivity contribution < 1.29 is 13.5 Å². The number of ether oxygens (including phenoxy) is 1. The second-order valence-corrected chi connectivity index (χ2v) is 5.26. The normalized spacial score (nSPS) is 12.4. The van der Waals surface area contributed by atoms with Crippen molar-refractivity contribution in [2.75, 3.05) is 0 Å². The molecular weight excluding hydrogens is 344 g/mol. The molecule has 2 rings (SSSR count). The molecule has 0 fully saturated rings. The fraction of sp³-hybridized carbons (Fsp3) is 0.214. The highest BCUT2D eigenvalue weighted by Crippen LogP contribution is 2.23. The van der Waals surface area contributed by atoms with Gasteiger partial charge >= 0.3 is 6.61 Å². The Hall–Kier alpha value is -1.57. The van der Waals surface area contributed by atoms with Gasteiger partial charge < -0.3 is 4.74 Å². The molecule has 0 bridgehead atoms. The van der Waals surface area contributed by atoms with Crippen LogP contribution in [0, 0.1) is 0 Å². The Labute approximate surface area is 129 Å². The van der Waals surface area contributed by atoms with Gasteiger partial charge in [0.25, 0.3) is 0 Å². The van der Waals surface area contributed by atoms with Crippen LogP contribution in [0.25, 0.3) is 0 Å². The Morgan fingerprint density at radius 2 is 2.10 bits per heavy atom. The first kappa shape index (κ1) is 15.8. The predicted molar refractivity (Wildman–Crippen MR) is 78.8 cm³/mol. The molecule has 1 heterocycles. The maximum atomic E-state index is 12.2. The summed E-state index contributed by atoms with van der Waals surface area (Å²) < 4.78 is 29.8. The lowest BCUT2D eigenvalue weighted by atomic mass is 10.0. The molecule has 1 unspecified atom stereocenters. The minimum absolute atomic E-state index is 0.103. The van der Waals surface area contributed by atoms with E-state index in [4.69, 9.17) is 5.84 Å². The van der Waals surface area contributed by atoms with Crippen molar-refractivity contribution in [3.8, 4) is 5.75 Å². The van der Waals surface area contributed by atoms with E-state index in [0.29, 0.717) is 6.42 Å². The van der Waals surface area contributed by atoms with Crippen molar-refractivity contribution >= 4 is 15.9 Å². The van der Waals surface area contributed by atoms with Gasteiger partial charge in [-0.05, 0) is 45.8 Å². The van der Waals surface area contributed by atoms with Gasteiger partial charge in [-0.1, -0.05) is 12.1 Å². The highest BCUT2D eigenvalue weighted by Gasteiger charge is 2.13. The number of rotatable bonds is 6. The van der Waals surface area contributed by atoms with Crippen LogP contribution in [-0.4, -0.2) is 11.6 Å². The zero-order chi connectivity index (χ0) is 15.2. The summed E-state index contributed by atoms with van der Waals surface area (Å²) in [6.07, 6.45) is 2.22. The van der Waals surface area contributed by atoms with Crippen LogP contribution in [0.3, 0.4) is 0 Å². The van der Waals surface area contributed by atoms with Gasteiger partial charge in [-0.25, -0.2) is 0 Å². The molecule has 2 aromatic rings. The Balaban J connectivity index is 2.15. The number of nitrogens with zero attached hydrogens (tertiary/aromatic N) is 1. The summed E-state index contributed by atoms with van der Waals surface area (Å²) in [5.41, 5.74) is 4.25. The monoisotopic (exact) mass is 357 g/mol. The lowest BCUT2D eigenvalue weighted by molar-refractivity contribution is -0.0499. The molecule has 0 saturated heterocycles. The van der Waals surface area contributed by atoms with Gasteiger partial charge in [0, 0.05) is 22.8 Å².